The molecule has 0 saturated heterocycles. The van der Waals surface area contributed by atoms with Crippen molar-refractivity contribution in [3.63, 3.8) is 0 Å². The van der Waals surface area contributed by atoms with E-state index in [1.165, 1.54) is 33.4 Å². The molecule has 1 aliphatic carbocycles. The Bertz CT molecular complexity index is 1320. The molecular weight excluding hydrogens is 402 g/mol. The fourth-order valence-corrected chi connectivity index (χ4v) is 4.25. The van der Waals surface area contributed by atoms with Gasteiger partial charge in [-0.1, -0.05) is 78.9 Å². The predicted molar refractivity (Wildman–Crippen MR) is 140 cm³/mol. The van der Waals surface area contributed by atoms with Gasteiger partial charge in [0.2, 0.25) is 0 Å². The highest BCUT2D eigenvalue weighted by atomic mass is 16.5. The fourth-order valence-electron chi connectivity index (χ4n) is 4.25. The van der Waals surface area contributed by atoms with Crippen molar-refractivity contribution in [1.29, 1.82) is 0 Å². The molecule has 1 N–H and O–H groups in total. The maximum Gasteiger partial charge on any atom is 0.120 e. The monoisotopic (exact) mass is 429 g/mol. The highest BCUT2D eigenvalue weighted by molar-refractivity contribution is 5.87. The van der Waals surface area contributed by atoms with Crippen molar-refractivity contribution in [2.45, 2.75) is 12.8 Å². The number of hydrogen-bond acceptors (Lipinski definition) is 2. The molecule has 0 saturated carbocycles. The van der Waals surface area contributed by atoms with E-state index in [1.807, 2.05) is 18.2 Å². The lowest BCUT2D eigenvalue weighted by molar-refractivity contribution is 0.415. The Hall–Kier alpha value is -4.04. The summed E-state index contributed by atoms with van der Waals surface area (Å²) in [5.41, 5.74) is 9.37. The quantitative estimate of drug-likeness (QED) is 0.332. The molecule has 162 valence electrons. The second-order valence-electron chi connectivity index (χ2n) is 8.20. The second kappa shape index (κ2) is 9.62. The summed E-state index contributed by atoms with van der Waals surface area (Å²) in [6.07, 6.45) is 9.04. The molecule has 0 aromatic heterocycles. The standard InChI is InChI=1S/C31H27NO/c1-33-29-17-9-16-28(22-29)32-31-19-18-26(24-12-6-3-7-13-24)21-30(31)27-15-8-14-25(20-27)23-10-4-2-5-11-23/h3-4,6-22,32H,2,5H2,1H3. The fraction of sp³-hybridized carbons (Fsp3) is 0.0968. The predicted octanol–water partition coefficient (Wildman–Crippen LogP) is 8.51. The summed E-state index contributed by atoms with van der Waals surface area (Å²) in [5, 5.41) is 3.61. The van der Waals surface area contributed by atoms with Gasteiger partial charge in [0.1, 0.15) is 5.75 Å². The highest BCUT2D eigenvalue weighted by Gasteiger charge is 2.11. The van der Waals surface area contributed by atoms with Gasteiger partial charge in [-0.25, -0.2) is 0 Å². The Kier molecular flexibility index (Phi) is 6.08. The van der Waals surface area contributed by atoms with Gasteiger partial charge in [-0.05, 0) is 71.0 Å². The molecule has 4 aromatic rings. The summed E-state index contributed by atoms with van der Waals surface area (Å²) in [6, 6.07) is 34.0. The van der Waals surface area contributed by atoms with Crippen LogP contribution in [0.5, 0.6) is 5.75 Å². The summed E-state index contributed by atoms with van der Waals surface area (Å²) in [5.74, 6) is 0.834. The zero-order chi connectivity index (χ0) is 22.5. The van der Waals surface area contributed by atoms with Crippen molar-refractivity contribution < 1.29 is 4.74 Å². The molecule has 0 spiro atoms. The van der Waals surface area contributed by atoms with Crippen molar-refractivity contribution in [3.8, 4) is 28.0 Å². The Balaban J connectivity index is 1.60. The third-order valence-corrected chi connectivity index (χ3v) is 5.98. The van der Waals surface area contributed by atoms with E-state index in [0.717, 1.165) is 30.0 Å². The SMILES string of the molecule is COc1cccc(Nc2ccc(-c3ccccc3)cc2-c2cccc(C3=CCCC=C3)c2)c1. The first kappa shape index (κ1) is 20.8. The molecule has 0 aliphatic heterocycles. The van der Waals surface area contributed by atoms with Crippen LogP contribution in [-0.4, -0.2) is 7.11 Å². The van der Waals surface area contributed by atoms with E-state index >= 15 is 0 Å². The van der Waals surface area contributed by atoms with Crippen molar-refractivity contribution in [1.82, 2.24) is 0 Å². The van der Waals surface area contributed by atoms with Crippen molar-refractivity contribution in [2.24, 2.45) is 0 Å². The maximum absolute atomic E-state index is 5.41. The van der Waals surface area contributed by atoms with Crippen molar-refractivity contribution in [2.75, 3.05) is 12.4 Å². The van der Waals surface area contributed by atoms with E-state index in [0.29, 0.717) is 0 Å². The number of methoxy groups -OCH3 is 1. The first-order chi connectivity index (χ1) is 16.3. The van der Waals surface area contributed by atoms with Gasteiger partial charge in [0, 0.05) is 23.0 Å². The molecule has 0 atom stereocenters. The molecule has 0 heterocycles. The number of rotatable bonds is 6. The minimum absolute atomic E-state index is 0.834. The van der Waals surface area contributed by atoms with Crippen LogP contribution in [0.2, 0.25) is 0 Å². The Labute approximate surface area is 195 Å². The topological polar surface area (TPSA) is 21.3 Å². The molecule has 0 unspecified atom stereocenters. The first-order valence-electron chi connectivity index (χ1n) is 11.4. The number of anilines is 2. The maximum atomic E-state index is 5.41. The van der Waals surface area contributed by atoms with E-state index in [4.69, 9.17) is 4.74 Å². The van der Waals surface area contributed by atoms with Crippen LogP contribution in [0.1, 0.15) is 18.4 Å². The average molecular weight is 430 g/mol. The Morgan fingerprint density at radius 2 is 1.48 bits per heavy atom. The minimum Gasteiger partial charge on any atom is -0.497 e. The van der Waals surface area contributed by atoms with Gasteiger partial charge >= 0.3 is 0 Å². The molecule has 0 bridgehead atoms. The normalized spacial score (nSPS) is 12.8. The summed E-state index contributed by atoms with van der Waals surface area (Å²) < 4.78 is 5.41. The largest absolute Gasteiger partial charge is 0.497 e. The summed E-state index contributed by atoms with van der Waals surface area (Å²) >= 11 is 0. The number of ether oxygens (including phenoxy) is 1. The van der Waals surface area contributed by atoms with Gasteiger partial charge in [-0.15, -0.1) is 0 Å². The molecule has 0 amide bonds. The van der Waals surface area contributed by atoms with Gasteiger partial charge in [-0.2, -0.15) is 0 Å². The summed E-state index contributed by atoms with van der Waals surface area (Å²) in [6.45, 7) is 0. The number of hydrogen-bond donors (Lipinski definition) is 1. The van der Waals surface area contributed by atoms with Gasteiger partial charge in [0.15, 0.2) is 0 Å². The summed E-state index contributed by atoms with van der Waals surface area (Å²) in [7, 11) is 1.69. The number of allylic oxidation sites excluding steroid dienone is 4. The molecule has 2 heteroatoms. The van der Waals surface area contributed by atoms with E-state index in [2.05, 4.69) is 102 Å². The van der Waals surface area contributed by atoms with Crippen LogP contribution in [0.3, 0.4) is 0 Å². The van der Waals surface area contributed by atoms with Crippen molar-refractivity contribution in [3.05, 3.63) is 121 Å². The van der Waals surface area contributed by atoms with Gasteiger partial charge in [0.05, 0.1) is 7.11 Å². The number of nitrogens with one attached hydrogen (secondary N) is 1. The zero-order valence-electron chi connectivity index (χ0n) is 18.8. The molecule has 0 radical (unpaired) electrons. The highest BCUT2D eigenvalue weighted by Crippen LogP contribution is 2.36. The molecule has 33 heavy (non-hydrogen) atoms. The molecule has 5 rings (SSSR count). The lowest BCUT2D eigenvalue weighted by Crippen LogP contribution is -1.96. The lowest BCUT2D eigenvalue weighted by Gasteiger charge is -2.16. The van der Waals surface area contributed by atoms with E-state index in [9.17, 15) is 0 Å². The van der Waals surface area contributed by atoms with E-state index in [1.54, 1.807) is 7.11 Å². The molecule has 1 aliphatic rings. The first-order valence-corrected chi connectivity index (χ1v) is 11.4. The smallest absolute Gasteiger partial charge is 0.120 e. The van der Waals surface area contributed by atoms with E-state index in [-0.39, 0.29) is 0 Å². The van der Waals surface area contributed by atoms with Gasteiger partial charge < -0.3 is 10.1 Å². The third-order valence-electron chi connectivity index (χ3n) is 5.98. The molecule has 2 nitrogen and oxygen atoms in total. The average Bonchev–Trinajstić information content (AvgIpc) is 2.90. The lowest BCUT2D eigenvalue weighted by atomic mass is 9.93. The van der Waals surface area contributed by atoms with Gasteiger partial charge in [-0.3, -0.25) is 0 Å². The molecular formula is C31H27NO. The van der Waals surface area contributed by atoms with Crippen LogP contribution >= 0.6 is 0 Å². The van der Waals surface area contributed by atoms with Gasteiger partial charge in [0.25, 0.3) is 0 Å². The third kappa shape index (κ3) is 4.75. The minimum atomic E-state index is 0.834. The summed E-state index contributed by atoms with van der Waals surface area (Å²) in [4.78, 5) is 0. The second-order valence-corrected chi connectivity index (χ2v) is 8.20. The Morgan fingerprint density at radius 1 is 0.667 bits per heavy atom. The van der Waals surface area contributed by atoms with Crippen LogP contribution in [0, 0.1) is 0 Å². The van der Waals surface area contributed by atoms with Crippen molar-refractivity contribution >= 4 is 16.9 Å². The molecule has 0 fully saturated rings. The van der Waals surface area contributed by atoms with Crippen LogP contribution in [0.15, 0.2) is 115 Å². The van der Waals surface area contributed by atoms with Crippen LogP contribution in [0.4, 0.5) is 11.4 Å². The van der Waals surface area contributed by atoms with E-state index < -0.39 is 0 Å². The van der Waals surface area contributed by atoms with Crippen LogP contribution < -0.4 is 10.1 Å². The number of benzene rings is 4. The zero-order valence-corrected chi connectivity index (χ0v) is 18.8. The van der Waals surface area contributed by atoms with Crippen LogP contribution in [0.25, 0.3) is 27.8 Å². The van der Waals surface area contributed by atoms with Crippen LogP contribution in [-0.2, 0) is 0 Å². The molecule has 4 aromatic carbocycles. The Morgan fingerprint density at radius 3 is 2.30 bits per heavy atom.